The third kappa shape index (κ3) is 1.65. The lowest BCUT2D eigenvalue weighted by atomic mass is 10.1. The lowest BCUT2D eigenvalue weighted by molar-refractivity contribution is 0.797. The molecule has 2 rings (SSSR count). The molecule has 76 valence electrons. The van der Waals surface area contributed by atoms with Crippen LogP contribution < -0.4 is 0 Å². The van der Waals surface area contributed by atoms with Crippen LogP contribution in [0.5, 0.6) is 0 Å². The van der Waals surface area contributed by atoms with Gasteiger partial charge in [0, 0.05) is 12.4 Å². The van der Waals surface area contributed by atoms with Crippen LogP contribution in [0.2, 0.25) is 0 Å². The van der Waals surface area contributed by atoms with Gasteiger partial charge >= 0.3 is 0 Å². The van der Waals surface area contributed by atoms with Crippen LogP contribution in [0.4, 0.5) is 0 Å². The van der Waals surface area contributed by atoms with E-state index in [1.807, 2.05) is 31.8 Å². The Balaban J connectivity index is 0.000000461. The smallest absolute Gasteiger partial charge is 0.0681 e. The minimum absolute atomic E-state index is 1.21. The van der Waals surface area contributed by atoms with Gasteiger partial charge in [-0.25, -0.2) is 0 Å². The third-order valence-corrected chi connectivity index (χ3v) is 2.47. The molecule has 0 radical (unpaired) electrons. The fraction of sp³-hybridized carbons (Fsp3) is 0.417. The van der Waals surface area contributed by atoms with Crippen molar-refractivity contribution in [1.82, 2.24) is 9.78 Å². The molecular formula is C12H18N2. The molecule has 0 atom stereocenters. The summed E-state index contributed by atoms with van der Waals surface area (Å²) in [4.78, 5) is 0. The van der Waals surface area contributed by atoms with Gasteiger partial charge in [-0.3, -0.25) is 4.68 Å². The molecule has 0 aliphatic heterocycles. The Morgan fingerprint density at radius 2 is 1.79 bits per heavy atom. The zero-order chi connectivity index (χ0) is 10.7. The molecule has 0 aliphatic carbocycles. The molecule has 0 bridgehead atoms. The Morgan fingerprint density at radius 3 is 2.43 bits per heavy atom. The van der Waals surface area contributed by atoms with Gasteiger partial charge in [0.15, 0.2) is 0 Å². The second kappa shape index (κ2) is 4.27. The van der Waals surface area contributed by atoms with E-state index in [0.717, 1.165) is 0 Å². The summed E-state index contributed by atoms with van der Waals surface area (Å²) in [7, 11) is 1.97. The van der Waals surface area contributed by atoms with Gasteiger partial charge in [0.05, 0.1) is 11.7 Å². The summed E-state index contributed by atoms with van der Waals surface area (Å²) < 4.78 is 1.90. The van der Waals surface area contributed by atoms with E-state index in [0.29, 0.717) is 0 Å². The van der Waals surface area contributed by atoms with E-state index in [1.165, 1.54) is 22.0 Å². The molecule has 0 N–H and O–H groups in total. The Labute approximate surface area is 85.6 Å². The zero-order valence-corrected chi connectivity index (χ0v) is 9.63. The van der Waals surface area contributed by atoms with Gasteiger partial charge in [0.2, 0.25) is 0 Å². The standard InChI is InChI=1S/C10H12N2.C2H6/c1-7-4-5-10-9(8(7)2)6-11-12(10)3;1-2/h4-6H,1-3H3;1-2H3. The predicted octanol–water partition coefficient (Wildman–Crippen LogP) is 3.22. The predicted molar refractivity (Wildman–Crippen MR) is 61.5 cm³/mol. The molecule has 2 aromatic rings. The number of fused-ring (bicyclic) bond motifs is 1. The fourth-order valence-corrected chi connectivity index (χ4v) is 1.47. The van der Waals surface area contributed by atoms with Gasteiger partial charge in [-0.1, -0.05) is 19.9 Å². The first-order valence-electron chi connectivity index (χ1n) is 5.08. The molecule has 0 unspecified atom stereocenters. The van der Waals surface area contributed by atoms with Gasteiger partial charge in [-0.05, 0) is 31.0 Å². The van der Waals surface area contributed by atoms with E-state index in [4.69, 9.17) is 0 Å². The highest BCUT2D eigenvalue weighted by Crippen LogP contribution is 2.19. The summed E-state index contributed by atoms with van der Waals surface area (Å²) in [6.45, 7) is 8.26. The molecule has 1 heterocycles. The molecule has 0 amide bonds. The maximum Gasteiger partial charge on any atom is 0.0681 e. The van der Waals surface area contributed by atoms with E-state index in [9.17, 15) is 0 Å². The van der Waals surface area contributed by atoms with Crippen LogP contribution in [0, 0.1) is 13.8 Å². The van der Waals surface area contributed by atoms with Crippen LogP contribution in [0.1, 0.15) is 25.0 Å². The Kier molecular flexibility index (Phi) is 3.28. The first-order chi connectivity index (χ1) is 6.70. The van der Waals surface area contributed by atoms with Crippen molar-refractivity contribution >= 4 is 10.9 Å². The van der Waals surface area contributed by atoms with Gasteiger partial charge in [-0.15, -0.1) is 0 Å². The quantitative estimate of drug-likeness (QED) is 0.623. The third-order valence-electron chi connectivity index (χ3n) is 2.47. The number of rotatable bonds is 0. The molecule has 1 aromatic carbocycles. The van der Waals surface area contributed by atoms with Crippen LogP contribution in [-0.4, -0.2) is 9.78 Å². The van der Waals surface area contributed by atoms with Crippen molar-refractivity contribution in [3.8, 4) is 0 Å². The summed E-state index contributed by atoms with van der Waals surface area (Å²) in [6.07, 6.45) is 1.93. The van der Waals surface area contributed by atoms with Gasteiger partial charge in [-0.2, -0.15) is 5.10 Å². The largest absolute Gasteiger partial charge is 0.268 e. The van der Waals surface area contributed by atoms with Crippen LogP contribution >= 0.6 is 0 Å². The summed E-state index contributed by atoms with van der Waals surface area (Å²) in [6, 6.07) is 4.25. The summed E-state index contributed by atoms with van der Waals surface area (Å²) in [5, 5.41) is 5.48. The van der Waals surface area contributed by atoms with Gasteiger partial charge in [0.25, 0.3) is 0 Å². The highest BCUT2D eigenvalue weighted by molar-refractivity contribution is 5.83. The van der Waals surface area contributed by atoms with E-state index >= 15 is 0 Å². The van der Waals surface area contributed by atoms with Crippen molar-refractivity contribution < 1.29 is 0 Å². The second-order valence-corrected chi connectivity index (χ2v) is 3.21. The number of aryl methyl sites for hydroxylation is 3. The Bertz CT molecular complexity index is 427. The highest BCUT2D eigenvalue weighted by atomic mass is 15.2. The zero-order valence-electron chi connectivity index (χ0n) is 9.63. The molecule has 0 spiro atoms. The molecule has 2 heteroatoms. The number of benzene rings is 1. The van der Waals surface area contributed by atoms with Crippen LogP contribution in [0.15, 0.2) is 18.3 Å². The van der Waals surface area contributed by atoms with Gasteiger partial charge in [0.1, 0.15) is 0 Å². The van der Waals surface area contributed by atoms with Crippen molar-refractivity contribution in [3.63, 3.8) is 0 Å². The van der Waals surface area contributed by atoms with Crippen LogP contribution in [0.25, 0.3) is 10.9 Å². The molecular weight excluding hydrogens is 172 g/mol. The molecule has 2 nitrogen and oxygen atoms in total. The molecule has 0 saturated heterocycles. The number of aromatic nitrogens is 2. The van der Waals surface area contributed by atoms with Crippen LogP contribution in [0.3, 0.4) is 0 Å². The molecule has 0 aliphatic rings. The maximum absolute atomic E-state index is 4.21. The average Bonchev–Trinajstić information content (AvgIpc) is 2.58. The first kappa shape index (κ1) is 10.8. The van der Waals surface area contributed by atoms with E-state index in [2.05, 4.69) is 31.1 Å². The topological polar surface area (TPSA) is 17.8 Å². The minimum atomic E-state index is 1.21. The molecule has 0 fully saturated rings. The Hall–Kier alpha value is -1.31. The Morgan fingerprint density at radius 1 is 1.14 bits per heavy atom. The number of nitrogens with zero attached hydrogens (tertiary/aromatic N) is 2. The monoisotopic (exact) mass is 190 g/mol. The lowest BCUT2D eigenvalue weighted by Gasteiger charge is -2.00. The molecule has 0 saturated carbocycles. The second-order valence-electron chi connectivity index (χ2n) is 3.21. The van der Waals surface area contributed by atoms with Crippen molar-refractivity contribution in [2.75, 3.05) is 0 Å². The van der Waals surface area contributed by atoms with Crippen molar-refractivity contribution in [1.29, 1.82) is 0 Å². The lowest BCUT2D eigenvalue weighted by Crippen LogP contribution is -1.89. The van der Waals surface area contributed by atoms with E-state index in [1.54, 1.807) is 0 Å². The van der Waals surface area contributed by atoms with E-state index < -0.39 is 0 Å². The summed E-state index contributed by atoms with van der Waals surface area (Å²) in [5.74, 6) is 0. The van der Waals surface area contributed by atoms with Crippen molar-refractivity contribution in [3.05, 3.63) is 29.5 Å². The summed E-state index contributed by atoms with van der Waals surface area (Å²) >= 11 is 0. The maximum atomic E-state index is 4.21. The normalized spacial score (nSPS) is 9.79. The summed E-state index contributed by atoms with van der Waals surface area (Å²) in [5.41, 5.74) is 3.87. The van der Waals surface area contributed by atoms with Crippen LogP contribution in [-0.2, 0) is 7.05 Å². The number of hydrogen-bond acceptors (Lipinski definition) is 1. The van der Waals surface area contributed by atoms with Gasteiger partial charge < -0.3 is 0 Å². The molecule has 14 heavy (non-hydrogen) atoms. The fourth-order valence-electron chi connectivity index (χ4n) is 1.47. The van der Waals surface area contributed by atoms with E-state index in [-0.39, 0.29) is 0 Å². The highest BCUT2D eigenvalue weighted by Gasteiger charge is 2.02. The SMILES string of the molecule is CC.Cc1ccc2c(cnn2C)c1C. The van der Waals surface area contributed by atoms with Crippen molar-refractivity contribution in [2.45, 2.75) is 27.7 Å². The van der Waals surface area contributed by atoms with Crippen molar-refractivity contribution in [2.24, 2.45) is 7.05 Å². The number of hydrogen-bond donors (Lipinski definition) is 0. The minimum Gasteiger partial charge on any atom is -0.268 e. The average molecular weight is 190 g/mol. The molecule has 1 aromatic heterocycles. The first-order valence-corrected chi connectivity index (χ1v) is 5.08.